The van der Waals surface area contributed by atoms with Gasteiger partial charge in [0.15, 0.2) is 0 Å². The fourth-order valence-electron chi connectivity index (χ4n) is 1.34. The Hall–Kier alpha value is -0.280. The van der Waals surface area contributed by atoms with Crippen molar-refractivity contribution < 1.29 is 4.84 Å². The molecule has 4 heteroatoms. The highest BCUT2D eigenvalue weighted by Crippen LogP contribution is 2.16. The van der Waals surface area contributed by atoms with Gasteiger partial charge in [0, 0.05) is 0 Å². The van der Waals surface area contributed by atoms with Crippen molar-refractivity contribution in [2.45, 2.75) is 31.7 Å². The van der Waals surface area contributed by atoms with Crippen LogP contribution in [-0.4, -0.2) is 18.9 Å². The normalized spacial score (nSPS) is 28.9. The number of rotatable bonds is 2. The molecule has 0 radical (unpaired) electrons. The van der Waals surface area contributed by atoms with Gasteiger partial charge in [0.25, 0.3) is 0 Å². The molecule has 3 nitrogen and oxygen atoms in total. The molecule has 0 amide bonds. The van der Waals surface area contributed by atoms with Gasteiger partial charge >= 0.3 is 0 Å². The lowest BCUT2D eigenvalue weighted by Crippen LogP contribution is -2.33. The number of hydrogen-bond donors (Lipinski definition) is 1. The first-order valence-corrected chi connectivity index (χ1v) is 4.22. The Balaban J connectivity index is 2.51. The minimum atomic E-state index is 0.213. The lowest BCUT2D eigenvalue weighted by Gasteiger charge is -2.21. The number of hydrogen-bond acceptors (Lipinski definition) is 3. The van der Waals surface area contributed by atoms with E-state index in [1.54, 1.807) is 7.11 Å². The van der Waals surface area contributed by atoms with Crippen LogP contribution < -0.4 is 4.84 Å². The third kappa shape index (κ3) is 2.34. The van der Waals surface area contributed by atoms with Crippen LogP contribution in [0.2, 0.25) is 0 Å². The monoisotopic (exact) mass is 176 g/mol. The first-order chi connectivity index (χ1) is 5.38. The largest absolute Gasteiger partial charge is 0.399 e. The molecule has 1 fully saturated rings. The fraction of sp³-hybridized carbons (Fsp3) is 0.857. The van der Waals surface area contributed by atoms with Gasteiger partial charge in [0.2, 0.25) is 0 Å². The predicted molar refractivity (Wildman–Crippen MR) is 45.7 cm³/mol. The molecule has 0 aromatic carbocycles. The fourth-order valence-corrected chi connectivity index (χ4v) is 1.57. The van der Waals surface area contributed by atoms with Crippen LogP contribution in [0.4, 0.5) is 0 Å². The maximum absolute atomic E-state index is 5.52. The van der Waals surface area contributed by atoms with E-state index in [1.165, 1.54) is 12.8 Å². The second kappa shape index (κ2) is 4.57. The van der Waals surface area contributed by atoms with E-state index < -0.39 is 0 Å². The van der Waals surface area contributed by atoms with Gasteiger partial charge in [-0.15, -0.1) is 0 Å². The molecule has 64 valence electrons. The van der Waals surface area contributed by atoms with Crippen molar-refractivity contribution in [2.24, 2.45) is 5.16 Å². The first kappa shape index (κ1) is 8.81. The minimum absolute atomic E-state index is 0.213. The summed E-state index contributed by atoms with van der Waals surface area (Å²) in [4.78, 5) is 7.40. The number of oxime groups is 1. The topological polar surface area (TPSA) is 33.6 Å². The zero-order valence-corrected chi connectivity index (χ0v) is 7.40. The van der Waals surface area contributed by atoms with Crippen molar-refractivity contribution in [2.75, 3.05) is 7.11 Å². The summed E-state index contributed by atoms with van der Waals surface area (Å²) in [6.45, 7) is 0. The lowest BCUT2D eigenvalue weighted by atomic mass is 9.94. The summed E-state index contributed by atoms with van der Waals surface area (Å²) < 4.78 is 0. The van der Waals surface area contributed by atoms with Crippen LogP contribution in [0.5, 0.6) is 0 Å². The molecule has 0 aromatic rings. The molecular weight excluding hydrogens is 164 g/mol. The van der Waals surface area contributed by atoms with E-state index in [4.69, 9.17) is 16.6 Å². The van der Waals surface area contributed by atoms with Crippen LogP contribution in [0, 0.1) is 0 Å². The molecule has 0 spiro atoms. The van der Waals surface area contributed by atoms with Crippen LogP contribution in [0.1, 0.15) is 25.7 Å². The molecule has 1 rings (SSSR count). The molecule has 1 saturated carbocycles. The third-order valence-corrected chi connectivity index (χ3v) is 2.18. The first-order valence-electron chi connectivity index (χ1n) is 3.84. The Morgan fingerprint density at radius 1 is 1.64 bits per heavy atom. The Bertz CT molecular complexity index is 149. The van der Waals surface area contributed by atoms with Gasteiger partial charge in [-0.05, 0) is 31.0 Å². The molecule has 1 N–H and O–H groups in total. The van der Waals surface area contributed by atoms with E-state index in [0.29, 0.717) is 0 Å². The van der Waals surface area contributed by atoms with Gasteiger partial charge in [0.1, 0.15) is 7.11 Å². The Morgan fingerprint density at radius 2 is 2.45 bits per heavy atom. The molecule has 1 aliphatic carbocycles. The standard InChI is InChI=1S/C7H13ClN2O/c1-11-10-7-5-3-2-4-6(7)9-8/h6,9H,2-5H2,1H3/b10-7+/t6-/m0/s1. The number of nitrogens with zero attached hydrogens (tertiary/aromatic N) is 1. The van der Waals surface area contributed by atoms with Crippen molar-refractivity contribution in [3.8, 4) is 0 Å². The van der Waals surface area contributed by atoms with Gasteiger partial charge in [-0.1, -0.05) is 11.6 Å². The maximum atomic E-state index is 5.52. The van der Waals surface area contributed by atoms with E-state index in [1.807, 2.05) is 0 Å². The molecule has 0 saturated heterocycles. The van der Waals surface area contributed by atoms with Crippen LogP contribution >= 0.6 is 11.8 Å². The van der Waals surface area contributed by atoms with Gasteiger partial charge in [0.05, 0.1) is 11.8 Å². The lowest BCUT2D eigenvalue weighted by molar-refractivity contribution is 0.209. The van der Waals surface area contributed by atoms with Gasteiger partial charge in [-0.2, -0.15) is 0 Å². The molecular formula is C7H13ClN2O. The van der Waals surface area contributed by atoms with Crippen molar-refractivity contribution >= 4 is 17.5 Å². The van der Waals surface area contributed by atoms with E-state index in [2.05, 4.69) is 9.99 Å². The predicted octanol–water partition coefficient (Wildman–Crippen LogP) is 1.67. The van der Waals surface area contributed by atoms with E-state index in [9.17, 15) is 0 Å². The maximum Gasteiger partial charge on any atom is 0.106 e. The van der Waals surface area contributed by atoms with Crippen molar-refractivity contribution in [1.29, 1.82) is 0 Å². The molecule has 0 bridgehead atoms. The van der Waals surface area contributed by atoms with Crippen molar-refractivity contribution in [1.82, 2.24) is 4.84 Å². The second-order valence-electron chi connectivity index (χ2n) is 2.67. The van der Waals surface area contributed by atoms with E-state index in [-0.39, 0.29) is 6.04 Å². The third-order valence-electron chi connectivity index (χ3n) is 1.92. The summed E-state index contributed by atoms with van der Waals surface area (Å²) in [7, 11) is 1.56. The molecule has 1 atom stereocenters. The molecule has 0 unspecified atom stereocenters. The van der Waals surface area contributed by atoms with Crippen LogP contribution in [0.25, 0.3) is 0 Å². The number of halogens is 1. The number of nitrogens with one attached hydrogen (secondary N) is 1. The summed E-state index contributed by atoms with van der Waals surface area (Å²) in [6, 6.07) is 0.213. The molecule has 0 aromatic heterocycles. The smallest absolute Gasteiger partial charge is 0.106 e. The van der Waals surface area contributed by atoms with Crippen LogP contribution in [0.3, 0.4) is 0 Å². The van der Waals surface area contributed by atoms with E-state index in [0.717, 1.165) is 18.6 Å². The summed E-state index contributed by atoms with van der Waals surface area (Å²) in [5.41, 5.74) is 1.04. The summed E-state index contributed by atoms with van der Waals surface area (Å²) in [5.74, 6) is 0. The molecule has 0 heterocycles. The Morgan fingerprint density at radius 3 is 3.09 bits per heavy atom. The molecule has 0 aliphatic heterocycles. The summed E-state index contributed by atoms with van der Waals surface area (Å²) in [5, 5.41) is 3.91. The average molecular weight is 177 g/mol. The van der Waals surface area contributed by atoms with Gasteiger partial charge in [-0.25, -0.2) is 4.84 Å². The SMILES string of the molecule is CO/N=C1\CCCC[C@@H]1NCl. The zero-order valence-electron chi connectivity index (χ0n) is 6.64. The van der Waals surface area contributed by atoms with Crippen molar-refractivity contribution in [3.05, 3.63) is 0 Å². The highest BCUT2D eigenvalue weighted by atomic mass is 35.5. The van der Waals surface area contributed by atoms with Crippen LogP contribution in [0.15, 0.2) is 5.16 Å². The average Bonchev–Trinajstić information content (AvgIpc) is 2.06. The summed E-state index contributed by atoms with van der Waals surface area (Å²) >= 11 is 5.52. The summed E-state index contributed by atoms with van der Waals surface area (Å²) in [6.07, 6.45) is 4.47. The van der Waals surface area contributed by atoms with E-state index >= 15 is 0 Å². The highest BCUT2D eigenvalue weighted by molar-refractivity contribution is 6.15. The Kier molecular flexibility index (Phi) is 3.66. The highest BCUT2D eigenvalue weighted by Gasteiger charge is 2.19. The van der Waals surface area contributed by atoms with Crippen molar-refractivity contribution in [3.63, 3.8) is 0 Å². The molecule has 1 aliphatic rings. The zero-order chi connectivity index (χ0) is 8.10. The Labute approximate surface area is 71.9 Å². The van der Waals surface area contributed by atoms with Gasteiger partial charge < -0.3 is 4.84 Å². The molecule has 11 heavy (non-hydrogen) atoms. The van der Waals surface area contributed by atoms with Gasteiger partial charge in [-0.3, -0.25) is 0 Å². The van der Waals surface area contributed by atoms with Crippen LogP contribution in [-0.2, 0) is 4.84 Å². The quantitative estimate of drug-likeness (QED) is 0.513. The second-order valence-corrected chi connectivity index (χ2v) is 2.89. The minimum Gasteiger partial charge on any atom is -0.399 e.